The number of carbonyl (C=O) groups excluding carboxylic acids is 2. The van der Waals surface area contributed by atoms with Gasteiger partial charge in [-0.3, -0.25) is 0 Å². The molecular formula is C27H31F3N6O4. The quantitative estimate of drug-likeness (QED) is 0.246. The Labute approximate surface area is 229 Å². The van der Waals surface area contributed by atoms with Crippen LogP contribution >= 0.6 is 0 Å². The van der Waals surface area contributed by atoms with Crippen molar-refractivity contribution in [2.45, 2.75) is 52.4 Å². The minimum atomic E-state index is -4.52. The maximum Gasteiger partial charge on any atom is 0.416 e. The molecule has 0 saturated heterocycles. The molecule has 0 aliphatic carbocycles. The Hall–Kier alpha value is -4.55. The van der Waals surface area contributed by atoms with Crippen molar-refractivity contribution in [3.63, 3.8) is 0 Å². The molecule has 0 spiro atoms. The monoisotopic (exact) mass is 560 g/mol. The predicted molar refractivity (Wildman–Crippen MR) is 145 cm³/mol. The first-order valence-electron chi connectivity index (χ1n) is 12.3. The molecule has 3 amide bonds. The second-order valence-electron chi connectivity index (χ2n) is 9.99. The highest BCUT2D eigenvalue weighted by Crippen LogP contribution is 2.33. The number of urea groups is 1. The second kappa shape index (κ2) is 12.5. The molecule has 1 atom stereocenters. The summed E-state index contributed by atoms with van der Waals surface area (Å²) in [6.07, 6.45) is -3.73. The fourth-order valence-corrected chi connectivity index (χ4v) is 3.34. The number of hydrogen-bond donors (Lipinski definition) is 4. The van der Waals surface area contributed by atoms with E-state index in [1.807, 2.05) is 27.7 Å². The average molecular weight is 561 g/mol. The molecule has 0 unspecified atom stereocenters. The van der Waals surface area contributed by atoms with Crippen molar-refractivity contribution in [2.24, 2.45) is 0 Å². The minimum Gasteiger partial charge on any atom is -0.447 e. The predicted octanol–water partition coefficient (Wildman–Crippen LogP) is 6.57. The Kier molecular flexibility index (Phi) is 9.40. The smallest absolute Gasteiger partial charge is 0.416 e. The van der Waals surface area contributed by atoms with Crippen LogP contribution in [0.25, 0.3) is 0 Å². The van der Waals surface area contributed by atoms with E-state index in [9.17, 15) is 22.8 Å². The van der Waals surface area contributed by atoms with Crippen molar-refractivity contribution in [3.8, 4) is 11.6 Å². The highest BCUT2D eigenvalue weighted by Gasteiger charge is 2.32. The van der Waals surface area contributed by atoms with Crippen molar-refractivity contribution in [2.75, 3.05) is 22.6 Å². The molecule has 40 heavy (non-hydrogen) atoms. The number of benzene rings is 2. The summed E-state index contributed by atoms with van der Waals surface area (Å²) in [4.78, 5) is 32.3. The van der Waals surface area contributed by atoms with E-state index in [0.29, 0.717) is 17.3 Å². The molecule has 214 valence electrons. The molecule has 3 aromatic rings. The number of nitrogens with zero attached hydrogens (tertiary/aromatic N) is 2. The molecule has 1 aromatic heterocycles. The van der Waals surface area contributed by atoms with Crippen molar-refractivity contribution >= 4 is 29.3 Å². The van der Waals surface area contributed by atoms with E-state index in [2.05, 4.69) is 31.2 Å². The van der Waals surface area contributed by atoms with E-state index in [0.717, 1.165) is 6.07 Å². The largest absolute Gasteiger partial charge is 0.447 e. The molecule has 0 radical (unpaired) electrons. The van der Waals surface area contributed by atoms with Crippen LogP contribution in [-0.2, 0) is 10.9 Å². The molecule has 13 heteroatoms. The number of nitrogens with one attached hydrogen (secondary N) is 4. The highest BCUT2D eigenvalue weighted by molar-refractivity contribution is 5.99. The molecule has 0 saturated carbocycles. The SMILES string of the molecule is Cc1ccc(NC(=O)Nc2ccc(Oc3cc(N[C@H](C)COC(=O)NC(C)(C)C)ncn3)cc2)cc1C(F)(F)F. The van der Waals surface area contributed by atoms with Crippen LogP contribution in [0.5, 0.6) is 11.6 Å². The lowest BCUT2D eigenvalue weighted by Gasteiger charge is -2.21. The van der Waals surface area contributed by atoms with E-state index in [4.69, 9.17) is 9.47 Å². The number of aryl methyl sites for hydroxylation is 1. The molecule has 0 bridgehead atoms. The zero-order valence-electron chi connectivity index (χ0n) is 22.6. The van der Waals surface area contributed by atoms with Crippen molar-refractivity contribution in [3.05, 3.63) is 66.0 Å². The second-order valence-corrected chi connectivity index (χ2v) is 9.99. The number of rotatable bonds is 8. The first-order valence-corrected chi connectivity index (χ1v) is 12.3. The van der Waals surface area contributed by atoms with Gasteiger partial charge < -0.3 is 30.7 Å². The number of halogens is 3. The lowest BCUT2D eigenvalue weighted by molar-refractivity contribution is -0.138. The number of aromatic nitrogens is 2. The summed E-state index contributed by atoms with van der Waals surface area (Å²) < 4.78 is 50.3. The van der Waals surface area contributed by atoms with E-state index >= 15 is 0 Å². The van der Waals surface area contributed by atoms with Gasteiger partial charge >= 0.3 is 18.3 Å². The first kappa shape index (κ1) is 30.0. The van der Waals surface area contributed by atoms with Gasteiger partial charge in [0, 0.05) is 23.0 Å². The third-order valence-electron chi connectivity index (χ3n) is 5.11. The normalized spacial score (nSPS) is 12.2. The Morgan fingerprint density at radius 3 is 2.25 bits per heavy atom. The van der Waals surface area contributed by atoms with Crippen LogP contribution in [0.3, 0.4) is 0 Å². The fourth-order valence-electron chi connectivity index (χ4n) is 3.34. The van der Waals surface area contributed by atoms with Gasteiger partial charge in [0.1, 0.15) is 24.5 Å². The maximum absolute atomic E-state index is 13.1. The number of hydrogen-bond acceptors (Lipinski definition) is 7. The lowest BCUT2D eigenvalue weighted by atomic mass is 10.1. The summed E-state index contributed by atoms with van der Waals surface area (Å²) in [5.41, 5.74) is -0.759. The van der Waals surface area contributed by atoms with Gasteiger partial charge in [0.05, 0.1) is 11.6 Å². The summed E-state index contributed by atoms with van der Waals surface area (Å²) >= 11 is 0. The molecule has 2 aromatic carbocycles. The first-order chi connectivity index (χ1) is 18.7. The van der Waals surface area contributed by atoms with E-state index in [-0.39, 0.29) is 29.8 Å². The summed E-state index contributed by atoms with van der Waals surface area (Å²) in [5, 5.41) is 10.8. The van der Waals surface area contributed by atoms with Crippen LogP contribution < -0.4 is 26.0 Å². The molecule has 0 aliphatic rings. The van der Waals surface area contributed by atoms with Gasteiger partial charge in [-0.05, 0) is 76.6 Å². The van der Waals surface area contributed by atoms with Crippen molar-refractivity contribution < 1.29 is 32.2 Å². The van der Waals surface area contributed by atoms with Crippen LogP contribution in [0.4, 0.5) is 40.0 Å². The van der Waals surface area contributed by atoms with E-state index < -0.39 is 29.4 Å². The van der Waals surface area contributed by atoms with Crippen LogP contribution in [0.15, 0.2) is 54.9 Å². The van der Waals surface area contributed by atoms with Gasteiger partial charge in [-0.25, -0.2) is 19.6 Å². The topological polar surface area (TPSA) is 126 Å². The van der Waals surface area contributed by atoms with Gasteiger partial charge in [0.2, 0.25) is 5.88 Å². The van der Waals surface area contributed by atoms with E-state index in [1.165, 1.54) is 25.4 Å². The third kappa shape index (κ3) is 9.64. The van der Waals surface area contributed by atoms with Crippen LogP contribution in [-0.4, -0.2) is 40.3 Å². The number of ether oxygens (including phenoxy) is 2. The lowest BCUT2D eigenvalue weighted by Crippen LogP contribution is -2.42. The van der Waals surface area contributed by atoms with Crippen molar-refractivity contribution in [1.29, 1.82) is 0 Å². The van der Waals surface area contributed by atoms with Gasteiger partial charge in [-0.2, -0.15) is 13.2 Å². The number of anilines is 3. The Bertz CT molecular complexity index is 1330. The van der Waals surface area contributed by atoms with Gasteiger partial charge in [0.25, 0.3) is 0 Å². The summed E-state index contributed by atoms with van der Waals surface area (Å²) in [6, 6.07) is 10.5. The minimum absolute atomic E-state index is 0.0117. The Morgan fingerprint density at radius 2 is 1.60 bits per heavy atom. The summed E-state index contributed by atoms with van der Waals surface area (Å²) in [7, 11) is 0. The Morgan fingerprint density at radius 1 is 0.950 bits per heavy atom. The molecule has 3 rings (SSSR count). The Balaban J connectivity index is 1.52. The third-order valence-corrected chi connectivity index (χ3v) is 5.11. The van der Waals surface area contributed by atoms with Gasteiger partial charge in [-0.15, -0.1) is 0 Å². The van der Waals surface area contributed by atoms with Crippen molar-refractivity contribution in [1.82, 2.24) is 15.3 Å². The van der Waals surface area contributed by atoms with Crippen LogP contribution in [0.2, 0.25) is 0 Å². The number of alkyl halides is 3. The molecular weight excluding hydrogens is 529 g/mol. The zero-order chi connectivity index (χ0) is 29.5. The van der Waals surface area contributed by atoms with Crippen LogP contribution in [0.1, 0.15) is 38.8 Å². The standard InChI is InChI=1S/C27H31F3N6O4/c1-16-6-7-19(12-21(16)27(28,29)30)35-24(37)34-18-8-10-20(11-9-18)40-23-13-22(31-15-32-23)33-17(2)14-39-25(38)36-26(3,4)5/h6-13,15,17H,14H2,1-5H3,(H,36,38)(H,31,32,33)(H2,34,35,37)/t17-/m1/s1. The number of alkyl carbamates (subject to hydrolysis) is 1. The summed E-state index contributed by atoms with van der Waals surface area (Å²) in [5.74, 6) is 1.12. The molecule has 4 N–H and O–H groups in total. The number of amides is 3. The maximum atomic E-state index is 13.1. The zero-order valence-corrected chi connectivity index (χ0v) is 22.6. The van der Waals surface area contributed by atoms with E-state index in [1.54, 1.807) is 30.3 Å². The molecule has 0 aliphatic heterocycles. The highest BCUT2D eigenvalue weighted by atomic mass is 19.4. The summed E-state index contributed by atoms with van der Waals surface area (Å²) in [6.45, 7) is 8.83. The van der Waals surface area contributed by atoms with Gasteiger partial charge in [0.15, 0.2) is 0 Å². The average Bonchev–Trinajstić information content (AvgIpc) is 2.84. The molecule has 10 nitrogen and oxygen atoms in total. The molecule has 0 fully saturated rings. The number of carbonyl (C=O) groups is 2. The fraction of sp³-hybridized carbons (Fsp3) is 0.333. The van der Waals surface area contributed by atoms with Gasteiger partial charge in [-0.1, -0.05) is 6.07 Å². The van der Waals surface area contributed by atoms with Crippen LogP contribution in [0, 0.1) is 6.92 Å². The molecule has 1 heterocycles.